The van der Waals surface area contributed by atoms with E-state index in [1.165, 1.54) is 16.7 Å². The Morgan fingerprint density at radius 2 is 1.59 bits per heavy atom. The maximum atomic E-state index is 6.31. The molecular formula is C20H27NO. The van der Waals surface area contributed by atoms with Gasteiger partial charge in [0.15, 0.2) is 0 Å². The Balaban J connectivity index is 1.98. The monoisotopic (exact) mass is 297 g/mol. The van der Waals surface area contributed by atoms with Crippen LogP contribution < -0.4 is 10.5 Å². The van der Waals surface area contributed by atoms with Gasteiger partial charge in [-0.1, -0.05) is 57.2 Å². The van der Waals surface area contributed by atoms with Crippen molar-refractivity contribution in [2.24, 2.45) is 5.73 Å². The molecule has 0 radical (unpaired) electrons. The van der Waals surface area contributed by atoms with Gasteiger partial charge in [-0.3, -0.25) is 0 Å². The van der Waals surface area contributed by atoms with Gasteiger partial charge in [-0.05, 0) is 47.1 Å². The summed E-state index contributed by atoms with van der Waals surface area (Å²) in [6, 6.07) is 17.1. The quantitative estimate of drug-likeness (QED) is 0.901. The first-order valence-corrected chi connectivity index (χ1v) is 7.86. The van der Waals surface area contributed by atoms with E-state index in [9.17, 15) is 0 Å². The van der Waals surface area contributed by atoms with Gasteiger partial charge in [0.25, 0.3) is 0 Å². The summed E-state index contributed by atoms with van der Waals surface area (Å²) in [6.45, 7) is 6.70. The van der Waals surface area contributed by atoms with Crippen molar-refractivity contribution in [1.29, 1.82) is 0 Å². The molecule has 0 aliphatic heterocycles. The first-order chi connectivity index (χ1) is 10.4. The van der Waals surface area contributed by atoms with Crippen molar-refractivity contribution in [3.05, 3.63) is 65.2 Å². The lowest BCUT2D eigenvalue weighted by atomic mass is 9.86. The molecule has 22 heavy (non-hydrogen) atoms. The van der Waals surface area contributed by atoms with Gasteiger partial charge >= 0.3 is 0 Å². The Hall–Kier alpha value is -1.80. The number of benzene rings is 2. The Morgan fingerprint density at radius 3 is 2.18 bits per heavy atom. The molecule has 0 aromatic heterocycles. The average Bonchev–Trinajstić information content (AvgIpc) is 2.47. The highest BCUT2D eigenvalue weighted by molar-refractivity contribution is 5.30. The van der Waals surface area contributed by atoms with Gasteiger partial charge < -0.3 is 10.5 Å². The van der Waals surface area contributed by atoms with Gasteiger partial charge in [0, 0.05) is 6.04 Å². The van der Waals surface area contributed by atoms with Gasteiger partial charge in [0.2, 0.25) is 0 Å². The Bertz CT molecular complexity index is 596. The van der Waals surface area contributed by atoms with Crippen LogP contribution >= 0.6 is 0 Å². The maximum Gasteiger partial charge on any atom is 0.119 e. The van der Waals surface area contributed by atoms with Crippen molar-refractivity contribution in [2.75, 3.05) is 7.11 Å². The van der Waals surface area contributed by atoms with Crippen LogP contribution in [0.5, 0.6) is 5.75 Å². The fraction of sp³-hybridized carbons (Fsp3) is 0.400. The lowest BCUT2D eigenvalue weighted by molar-refractivity contribution is 0.414. The molecule has 2 aromatic rings. The summed E-state index contributed by atoms with van der Waals surface area (Å²) in [5.41, 5.74) is 10.4. The lowest BCUT2D eigenvalue weighted by Gasteiger charge is -2.19. The van der Waals surface area contributed by atoms with E-state index in [1.807, 2.05) is 12.1 Å². The van der Waals surface area contributed by atoms with Crippen LogP contribution in [0.1, 0.15) is 37.5 Å². The number of hydrogen-bond donors (Lipinski definition) is 1. The van der Waals surface area contributed by atoms with E-state index in [0.29, 0.717) is 0 Å². The van der Waals surface area contributed by atoms with Crippen LogP contribution in [0, 0.1) is 0 Å². The molecule has 2 aromatic carbocycles. The van der Waals surface area contributed by atoms with Crippen molar-refractivity contribution < 1.29 is 4.74 Å². The Labute approximate surface area is 134 Å². The molecule has 1 unspecified atom stereocenters. The van der Waals surface area contributed by atoms with Crippen LogP contribution in [0.25, 0.3) is 0 Å². The molecule has 2 N–H and O–H groups in total. The number of nitrogens with two attached hydrogens (primary N) is 1. The van der Waals surface area contributed by atoms with Crippen molar-refractivity contribution >= 4 is 0 Å². The molecule has 0 aliphatic rings. The van der Waals surface area contributed by atoms with Crippen molar-refractivity contribution in [3.8, 4) is 5.75 Å². The molecule has 0 fully saturated rings. The van der Waals surface area contributed by atoms with E-state index < -0.39 is 0 Å². The second-order valence-electron chi connectivity index (χ2n) is 6.97. The van der Waals surface area contributed by atoms with Gasteiger partial charge in [0.1, 0.15) is 5.75 Å². The highest BCUT2D eigenvalue weighted by Gasteiger charge is 2.13. The van der Waals surface area contributed by atoms with Crippen molar-refractivity contribution in [1.82, 2.24) is 0 Å². The normalized spacial score (nSPS) is 13.0. The van der Waals surface area contributed by atoms with Gasteiger partial charge in [-0.2, -0.15) is 0 Å². The number of rotatable bonds is 5. The van der Waals surface area contributed by atoms with Crippen LogP contribution in [-0.2, 0) is 18.3 Å². The molecular weight excluding hydrogens is 270 g/mol. The zero-order chi connectivity index (χ0) is 16.2. The first kappa shape index (κ1) is 16.6. The summed E-state index contributed by atoms with van der Waals surface area (Å²) in [5.74, 6) is 0.888. The fourth-order valence-corrected chi connectivity index (χ4v) is 2.62. The molecule has 2 rings (SSSR count). The average molecular weight is 297 g/mol. The summed E-state index contributed by atoms with van der Waals surface area (Å²) >= 11 is 0. The third-order valence-corrected chi connectivity index (χ3v) is 3.95. The summed E-state index contributed by atoms with van der Waals surface area (Å²) in [6.07, 6.45) is 1.75. The van der Waals surface area contributed by atoms with E-state index in [2.05, 4.69) is 57.2 Å². The molecule has 0 saturated carbocycles. The lowest BCUT2D eigenvalue weighted by Crippen LogP contribution is -2.25. The Morgan fingerprint density at radius 1 is 0.955 bits per heavy atom. The zero-order valence-electron chi connectivity index (χ0n) is 14.1. The number of hydrogen-bond acceptors (Lipinski definition) is 2. The third-order valence-electron chi connectivity index (χ3n) is 3.95. The molecule has 0 spiro atoms. The van der Waals surface area contributed by atoms with E-state index in [0.717, 1.165) is 18.6 Å². The minimum Gasteiger partial charge on any atom is -0.497 e. The first-order valence-electron chi connectivity index (χ1n) is 7.86. The standard InChI is InChI=1S/C20H27NO/c1-20(2,3)17-10-8-15(9-11-17)12-18(21)13-16-6-5-7-19(14-16)22-4/h5-11,14,18H,12-13,21H2,1-4H3. The minimum atomic E-state index is 0.118. The zero-order valence-corrected chi connectivity index (χ0v) is 14.1. The van der Waals surface area contributed by atoms with Crippen molar-refractivity contribution in [2.45, 2.75) is 45.1 Å². The van der Waals surface area contributed by atoms with Crippen molar-refractivity contribution in [3.63, 3.8) is 0 Å². The predicted octanol–water partition coefficient (Wildman–Crippen LogP) is 4.11. The third kappa shape index (κ3) is 4.60. The summed E-state index contributed by atoms with van der Waals surface area (Å²) < 4.78 is 5.26. The summed E-state index contributed by atoms with van der Waals surface area (Å²) in [4.78, 5) is 0. The van der Waals surface area contributed by atoms with Gasteiger partial charge in [-0.25, -0.2) is 0 Å². The smallest absolute Gasteiger partial charge is 0.119 e. The fourth-order valence-electron chi connectivity index (χ4n) is 2.62. The predicted molar refractivity (Wildman–Crippen MR) is 93.5 cm³/mol. The van der Waals surface area contributed by atoms with Gasteiger partial charge in [-0.15, -0.1) is 0 Å². The molecule has 0 bridgehead atoms. The second-order valence-corrected chi connectivity index (χ2v) is 6.97. The Kier molecular flexibility index (Phi) is 5.25. The van der Waals surface area contributed by atoms with Crippen LogP contribution in [0.2, 0.25) is 0 Å². The minimum absolute atomic E-state index is 0.118. The number of methoxy groups -OCH3 is 1. The molecule has 0 aliphatic carbocycles. The van der Waals surface area contributed by atoms with Crippen LogP contribution in [0.15, 0.2) is 48.5 Å². The topological polar surface area (TPSA) is 35.2 Å². The molecule has 1 atom stereocenters. The van der Waals surface area contributed by atoms with E-state index in [4.69, 9.17) is 10.5 Å². The van der Waals surface area contributed by atoms with E-state index in [1.54, 1.807) is 7.11 Å². The number of ether oxygens (including phenoxy) is 1. The summed E-state index contributed by atoms with van der Waals surface area (Å²) in [7, 11) is 1.69. The highest BCUT2D eigenvalue weighted by Crippen LogP contribution is 2.22. The maximum absolute atomic E-state index is 6.31. The van der Waals surface area contributed by atoms with E-state index in [-0.39, 0.29) is 11.5 Å². The highest BCUT2D eigenvalue weighted by atomic mass is 16.5. The molecule has 0 saturated heterocycles. The van der Waals surface area contributed by atoms with Crippen LogP contribution in [0.4, 0.5) is 0 Å². The molecule has 2 heteroatoms. The second kappa shape index (κ2) is 6.97. The van der Waals surface area contributed by atoms with Gasteiger partial charge in [0.05, 0.1) is 7.11 Å². The van der Waals surface area contributed by atoms with Crippen LogP contribution in [0.3, 0.4) is 0 Å². The molecule has 0 heterocycles. The molecule has 118 valence electrons. The van der Waals surface area contributed by atoms with Crippen LogP contribution in [-0.4, -0.2) is 13.2 Å². The molecule has 0 amide bonds. The SMILES string of the molecule is COc1cccc(CC(N)Cc2ccc(C(C)(C)C)cc2)c1. The largest absolute Gasteiger partial charge is 0.497 e. The van der Waals surface area contributed by atoms with E-state index >= 15 is 0 Å². The summed E-state index contributed by atoms with van der Waals surface area (Å²) in [5, 5.41) is 0. The molecule has 2 nitrogen and oxygen atoms in total.